The zero-order valence-electron chi connectivity index (χ0n) is 28.0. The van der Waals surface area contributed by atoms with Crippen LogP contribution in [0.2, 0.25) is 54.7 Å². The first kappa shape index (κ1) is 33.6. The van der Waals surface area contributed by atoms with Gasteiger partial charge in [0.25, 0.3) is 0 Å². The van der Waals surface area contributed by atoms with Crippen molar-refractivity contribution >= 4 is 23.3 Å². The van der Waals surface area contributed by atoms with Gasteiger partial charge in [-0.2, -0.15) is 0 Å². The third-order valence-corrected chi connectivity index (χ3v) is 21.1. The average molecular weight is 551 g/mol. The van der Waals surface area contributed by atoms with E-state index in [4.69, 9.17) is 8.85 Å². The van der Waals surface area contributed by atoms with Crippen LogP contribution in [0, 0.1) is 23.2 Å². The fourth-order valence-electron chi connectivity index (χ4n) is 7.15. The summed E-state index contributed by atoms with van der Waals surface area (Å²) in [6, 6.07) is 0. The Kier molecular flexibility index (Phi) is 11.0. The van der Waals surface area contributed by atoms with Gasteiger partial charge in [-0.15, -0.1) is 0 Å². The van der Waals surface area contributed by atoms with E-state index < -0.39 is 16.6 Å². The molecule has 0 heterocycles. The molecule has 0 N–H and O–H groups in total. The summed E-state index contributed by atoms with van der Waals surface area (Å²) in [5.74, 6) is 3.60. The Labute approximate surface area is 236 Å². The molecule has 0 aromatic rings. The van der Waals surface area contributed by atoms with E-state index in [-0.39, 0.29) is 10.1 Å². The molecule has 0 aromatic heterocycles. The fraction of sp³-hybridized carbons (Fsp3) is 1.00. The van der Waals surface area contributed by atoms with E-state index >= 15 is 0 Å². The smallest absolute Gasteiger partial charge is 0.192 e. The maximum atomic E-state index is 7.02. The van der Waals surface area contributed by atoms with Gasteiger partial charge < -0.3 is 8.85 Å². The summed E-state index contributed by atoms with van der Waals surface area (Å²) in [7, 11) is -3.47. The Balaban J connectivity index is 2.14. The van der Waals surface area contributed by atoms with Crippen molar-refractivity contribution in [2.24, 2.45) is 23.2 Å². The lowest BCUT2D eigenvalue weighted by Gasteiger charge is -2.63. The molecule has 0 amide bonds. The molecule has 0 saturated heterocycles. The highest BCUT2D eigenvalue weighted by Gasteiger charge is 2.57. The molecule has 2 bridgehead atoms. The molecule has 0 aromatic carbocycles. The maximum Gasteiger partial charge on any atom is 0.192 e. The van der Waals surface area contributed by atoms with Crippen molar-refractivity contribution in [3.8, 4) is 0 Å². The highest BCUT2D eigenvalue weighted by Crippen LogP contribution is 2.65. The highest BCUT2D eigenvalue weighted by molar-refractivity contribution is 6.74. The van der Waals surface area contributed by atoms with Gasteiger partial charge in [0.2, 0.25) is 0 Å². The van der Waals surface area contributed by atoms with Gasteiger partial charge in [0, 0.05) is 12.2 Å². The van der Waals surface area contributed by atoms with Crippen LogP contribution < -0.4 is 0 Å². The molecule has 0 aliphatic heterocycles. The molecule has 3 saturated carbocycles. The number of rotatable bonds is 13. The molecule has 3 rings (SSSR count). The van der Waals surface area contributed by atoms with E-state index in [9.17, 15) is 0 Å². The Hall–Kier alpha value is 0.419. The van der Waals surface area contributed by atoms with Crippen LogP contribution in [0.15, 0.2) is 0 Å². The fourth-order valence-corrected chi connectivity index (χ4v) is 10.0. The van der Waals surface area contributed by atoms with E-state index in [1.165, 1.54) is 51.2 Å². The molecule has 3 aliphatic carbocycles. The first-order valence-electron chi connectivity index (χ1n) is 16.0. The van der Waals surface area contributed by atoms with Crippen LogP contribution in [-0.4, -0.2) is 35.6 Å². The number of fused-ring (bicyclic) bond motifs is 2. The summed E-state index contributed by atoms with van der Waals surface area (Å²) in [5, 5.41) is 0.555. The normalized spacial score (nSPS) is 28.0. The molecular weight excluding hydrogens is 483 g/mol. The van der Waals surface area contributed by atoms with Crippen LogP contribution in [0.4, 0.5) is 0 Å². The molecule has 0 unspecified atom stereocenters. The summed E-state index contributed by atoms with van der Waals surface area (Å²) in [6.45, 7) is 37.1. The van der Waals surface area contributed by atoms with Crippen molar-refractivity contribution in [3.05, 3.63) is 0 Å². The second kappa shape index (κ2) is 12.1. The molecule has 0 radical (unpaired) electrons. The molecule has 37 heavy (non-hydrogen) atoms. The molecule has 3 fully saturated rings. The monoisotopic (exact) mass is 550 g/mol. The molecule has 5 heteroatoms. The van der Waals surface area contributed by atoms with Gasteiger partial charge in [-0.25, -0.2) is 0 Å². The standard InChI is InChI=1S/C32H67BO2Si2/c1-16-17-27(35-37(14,15)31(7,8)9)19-21-33(20-18-24(2)34-36(12,13)30(4,5)6)29-23-26-22-28(25(29)3)32(26,10)11/h24-29H,16-23H2,1-15H3/t24-,25-,26+,27+,28-,29-/m1/s1. The predicted molar refractivity (Wildman–Crippen MR) is 172 cm³/mol. The Morgan fingerprint density at radius 3 is 1.81 bits per heavy atom. The van der Waals surface area contributed by atoms with Gasteiger partial charge in [-0.1, -0.05) is 101 Å². The Bertz CT molecular complexity index is 721. The molecule has 3 aliphatic rings. The van der Waals surface area contributed by atoms with Crippen LogP contribution >= 0.6 is 0 Å². The number of hydrogen-bond acceptors (Lipinski definition) is 2. The van der Waals surface area contributed by atoms with Crippen LogP contribution in [0.3, 0.4) is 0 Å². The molecule has 0 spiro atoms. The summed E-state index contributed by atoms with van der Waals surface area (Å²) >= 11 is 0. The molecular formula is C32H67BO2Si2. The van der Waals surface area contributed by atoms with Gasteiger partial charge in [0.1, 0.15) is 6.71 Å². The van der Waals surface area contributed by atoms with Crippen molar-refractivity contribution in [3.63, 3.8) is 0 Å². The van der Waals surface area contributed by atoms with Gasteiger partial charge in [0.15, 0.2) is 16.6 Å². The third-order valence-electron chi connectivity index (χ3n) is 12.0. The molecule has 218 valence electrons. The van der Waals surface area contributed by atoms with Crippen molar-refractivity contribution in [1.82, 2.24) is 0 Å². The summed E-state index contributed by atoms with van der Waals surface area (Å²) < 4.78 is 13.8. The largest absolute Gasteiger partial charge is 0.414 e. The van der Waals surface area contributed by atoms with E-state index in [0.29, 0.717) is 17.6 Å². The summed E-state index contributed by atoms with van der Waals surface area (Å²) in [4.78, 5) is 0. The summed E-state index contributed by atoms with van der Waals surface area (Å²) in [5.41, 5.74) is 0.565. The Morgan fingerprint density at radius 2 is 1.35 bits per heavy atom. The minimum absolute atomic E-state index is 0.277. The summed E-state index contributed by atoms with van der Waals surface area (Å²) in [6.07, 6.45) is 11.3. The van der Waals surface area contributed by atoms with Crippen LogP contribution in [0.25, 0.3) is 0 Å². The Morgan fingerprint density at radius 1 is 0.838 bits per heavy atom. The highest BCUT2D eigenvalue weighted by atomic mass is 28.4. The lowest BCUT2D eigenvalue weighted by Crippen LogP contribution is -2.55. The zero-order chi connectivity index (χ0) is 28.6. The maximum absolute atomic E-state index is 7.02. The lowest BCUT2D eigenvalue weighted by molar-refractivity contribution is -0.0993. The molecule has 6 atom stereocenters. The van der Waals surface area contributed by atoms with Crippen molar-refractivity contribution in [2.75, 3.05) is 0 Å². The van der Waals surface area contributed by atoms with E-state index in [1.54, 1.807) is 0 Å². The van der Waals surface area contributed by atoms with Crippen molar-refractivity contribution < 1.29 is 8.85 Å². The number of hydrogen-bond donors (Lipinski definition) is 0. The average Bonchev–Trinajstić information content (AvgIpc) is 2.71. The van der Waals surface area contributed by atoms with Gasteiger partial charge in [-0.3, -0.25) is 0 Å². The van der Waals surface area contributed by atoms with Gasteiger partial charge in [-0.05, 0) is 92.0 Å². The minimum Gasteiger partial charge on any atom is -0.414 e. The lowest BCUT2D eigenvalue weighted by atomic mass is 9.27. The van der Waals surface area contributed by atoms with Crippen LogP contribution in [-0.2, 0) is 8.85 Å². The van der Waals surface area contributed by atoms with Gasteiger partial charge >= 0.3 is 0 Å². The first-order valence-corrected chi connectivity index (χ1v) is 21.8. The third kappa shape index (κ3) is 8.00. The van der Waals surface area contributed by atoms with Crippen LogP contribution in [0.5, 0.6) is 0 Å². The predicted octanol–water partition coefficient (Wildman–Crippen LogP) is 10.9. The minimum atomic E-state index is -1.75. The topological polar surface area (TPSA) is 18.5 Å². The second-order valence-electron chi connectivity index (χ2n) is 17.0. The SMILES string of the molecule is CCC[C@@H](CCB(CC[C@@H](C)O[Si](C)(C)C(C)(C)C)[C@@H]1C[C@@H]2C[C@H]([C@H]1C)C2(C)C)O[Si](C)(C)C(C)(C)C. The molecule has 2 nitrogen and oxygen atoms in total. The quantitative estimate of drug-likeness (QED) is 0.212. The van der Waals surface area contributed by atoms with E-state index in [2.05, 4.69) is 102 Å². The second-order valence-corrected chi connectivity index (χ2v) is 26.5. The van der Waals surface area contributed by atoms with E-state index in [1.807, 2.05) is 0 Å². The van der Waals surface area contributed by atoms with Gasteiger partial charge in [0.05, 0.1) is 0 Å². The van der Waals surface area contributed by atoms with Crippen molar-refractivity contribution in [2.45, 2.75) is 182 Å². The first-order chi connectivity index (χ1) is 16.6. The van der Waals surface area contributed by atoms with Crippen LogP contribution in [0.1, 0.15) is 115 Å². The van der Waals surface area contributed by atoms with E-state index in [0.717, 1.165) is 30.3 Å². The van der Waals surface area contributed by atoms with Crippen molar-refractivity contribution in [1.29, 1.82) is 0 Å². The zero-order valence-corrected chi connectivity index (χ0v) is 30.0.